The van der Waals surface area contributed by atoms with Crippen LogP contribution in [0.1, 0.15) is 50.9 Å². The number of amides is 1. The van der Waals surface area contributed by atoms with Crippen molar-refractivity contribution in [2.45, 2.75) is 58.6 Å². The second-order valence-corrected chi connectivity index (χ2v) is 10.7. The molecule has 0 aromatic carbocycles. The topological polar surface area (TPSA) is 99.7 Å². The van der Waals surface area contributed by atoms with Gasteiger partial charge >= 0.3 is 6.09 Å². The van der Waals surface area contributed by atoms with E-state index in [0.29, 0.717) is 24.8 Å². The van der Waals surface area contributed by atoms with Crippen molar-refractivity contribution in [3.63, 3.8) is 0 Å². The molecule has 1 saturated heterocycles. The number of fused-ring (bicyclic) bond motifs is 2. The average molecular weight is 502 g/mol. The fourth-order valence-electron chi connectivity index (χ4n) is 5.13. The van der Waals surface area contributed by atoms with Gasteiger partial charge in [-0.2, -0.15) is 10.2 Å². The molecular weight excluding hydrogens is 470 g/mol. The van der Waals surface area contributed by atoms with Gasteiger partial charge in [-0.05, 0) is 59.1 Å². The van der Waals surface area contributed by atoms with Crippen LogP contribution in [0, 0.1) is 6.92 Å². The lowest BCUT2D eigenvalue weighted by Crippen LogP contribution is -2.36. The molecule has 0 atom stereocenters. The van der Waals surface area contributed by atoms with Crippen LogP contribution in [0.4, 0.5) is 10.6 Å². The molecule has 6 heterocycles. The van der Waals surface area contributed by atoms with Gasteiger partial charge in [0.1, 0.15) is 11.4 Å². The van der Waals surface area contributed by atoms with E-state index in [1.807, 2.05) is 50.7 Å². The third-order valence-electron chi connectivity index (χ3n) is 6.92. The molecule has 0 radical (unpaired) electrons. The second-order valence-electron chi connectivity index (χ2n) is 10.7. The zero-order valence-corrected chi connectivity index (χ0v) is 21.6. The van der Waals surface area contributed by atoms with Crippen molar-refractivity contribution in [2.24, 2.45) is 0 Å². The van der Waals surface area contributed by atoms with Gasteiger partial charge in [0.15, 0.2) is 5.65 Å². The summed E-state index contributed by atoms with van der Waals surface area (Å²) in [5, 5.41) is 9.54. The molecule has 0 N–H and O–H groups in total. The van der Waals surface area contributed by atoms with Crippen molar-refractivity contribution >= 4 is 17.6 Å². The number of rotatable bonds is 3. The van der Waals surface area contributed by atoms with Crippen molar-refractivity contribution in [3.05, 3.63) is 48.2 Å². The summed E-state index contributed by atoms with van der Waals surface area (Å²) < 4.78 is 15.0. The molecule has 2 aliphatic rings. The highest BCUT2D eigenvalue weighted by Crippen LogP contribution is 2.36. The van der Waals surface area contributed by atoms with Crippen LogP contribution in [-0.4, -0.2) is 60.8 Å². The fourth-order valence-corrected chi connectivity index (χ4v) is 5.13. The molecule has 4 aromatic heterocycles. The lowest BCUT2D eigenvalue weighted by atomic mass is 10.1. The Bertz CT molecular complexity index is 1480. The third kappa shape index (κ3) is 4.35. The summed E-state index contributed by atoms with van der Waals surface area (Å²) in [5.41, 5.74) is 5.94. The van der Waals surface area contributed by atoms with E-state index in [2.05, 4.69) is 32.0 Å². The van der Waals surface area contributed by atoms with Gasteiger partial charge in [-0.3, -0.25) is 9.58 Å². The van der Waals surface area contributed by atoms with E-state index in [4.69, 9.17) is 14.6 Å². The molecule has 1 amide bonds. The molecule has 2 aliphatic heterocycles. The summed E-state index contributed by atoms with van der Waals surface area (Å²) in [6, 6.07) is 4.39. The Balaban J connectivity index is 1.33. The lowest BCUT2D eigenvalue weighted by Gasteiger charge is -2.24. The summed E-state index contributed by atoms with van der Waals surface area (Å²) in [4.78, 5) is 23.6. The highest BCUT2D eigenvalue weighted by molar-refractivity contribution is 5.91. The number of imidazole rings is 1. The first kappa shape index (κ1) is 23.6. The van der Waals surface area contributed by atoms with Crippen LogP contribution < -0.4 is 4.90 Å². The third-order valence-corrected chi connectivity index (χ3v) is 6.92. The first-order chi connectivity index (χ1) is 17.8. The quantitative estimate of drug-likeness (QED) is 0.404. The van der Waals surface area contributed by atoms with Gasteiger partial charge in [0.25, 0.3) is 0 Å². The van der Waals surface area contributed by atoms with Crippen LogP contribution in [0.2, 0.25) is 0 Å². The molecule has 0 bridgehead atoms. The van der Waals surface area contributed by atoms with E-state index in [1.54, 1.807) is 11.1 Å². The molecular formula is C27H31N7O3. The first-order valence-corrected chi connectivity index (χ1v) is 12.7. The van der Waals surface area contributed by atoms with E-state index in [9.17, 15) is 4.79 Å². The maximum atomic E-state index is 12.8. The van der Waals surface area contributed by atoms with Gasteiger partial charge in [-0.25, -0.2) is 19.3 Å². The van der Waals surface area contributed by atoms with Gasteiger partial charge in [-0.15, -0.1) is 0 Å². The second kappa shape index (κ2) is 8.95. The standard InChI is InChI=1S/C27H31N7O3/c1-17-22(18-14-30-33(16-18)19-7-11-36-12-8-19)13-24-29-15-23(34(24)31-17)20-5-9-28-25-21(20)6-10-32(25)26(35)37-27(2,3)4/h5,9,13-16,19H,6-8,10-12H2,1-4H3. The van der Waals surface area contributed by atoms with Crippen molar-refractivity contribution in [1.29, 1.82) is 0 Å². The Morgan fingerprint density at radius 3 is 2.73 bits per heavy atom. The van der Waals surface area contributed by atoms with Gasteiger partial charge in [0, 0.05) is 54.4 Å². The van der Waals surface area contributed by atoms with Crippen LogP contribution in [0.5, 0.6) is 0 Å². The smallest absolute Gasteiger partial charge is 0.416 e. The number of pyridine rings is 1. The fraction of sp³-hybridized carbons (Fsp3) is 0.444. The van der Waals surface area contributed by atoms with E-state index in [0.717, 1.165) is 65.3 Å². The van der Waals surface area contributed by atoms with Crippen LogP contribution in [0.15, 0.2) is 36.9 Å². The highest BCUT2D eigenvalue weighted by Gasteiger charge is 2.32. The van der Waals surface area contributed by atoms with Crippen molar-refractivity contribution in [2.75, 3.05) is 24.7 Å². The normalized spacial score (nSPS) is 16.4. The van der Waals surface area contributed by atoms with E-state index in [1.165, 1.54) is 0 Å². The monoisotopic (exact) mass is 501 g/mol. The molecule has 192 valence electrons. The molecule has 0 saturated carbocycles. The average Bonchev–Trinajstić information content (AvgIpc) is 3.61. The molecule has 0 aliphatic carbocycles. The summed E-state index contributed by atoms with van der Waals surface area (Å²) in [6.07, 6.45) is 9.82. The number of anilines is 1. The number of ether oxygens (including phenoxy) is 2. The molecule has 1 fully saturated rings. The molecule has 4 aromatic rings. The number of nitrogens with zero attached hydrogens (tertiary/aromatic N) is 7. The van der Waals surface area contributed by atoms with Gasteiger partial charge < -0.3 is 9.47 Å². The number of hydrogen-bond acceptors (Lipinski definition) is 7. The van der Waals surface area contributed by atoms with Crippen LogP contribution in [-0.2, 0) is 15.9 Å². The molecule has 0 spiro atoms. The first-order valence-electron chi connectivity index (χ1n) is 12.7. The van der Waals surface area contributed by atoms with Crippen molar-refractivity contribution in [1.82, 2.24) is 29.4 Å². The lowest BCUT2D eigenvalue weighted by molar-refractivity contribution is 0.0583. The van der Waals surface area contributed by atoms with E-state index >= 15 is 0 Å². The molecule has 6 rings (SSSR count). The van der Waals surface area contributed by atoms with E-state index in [-0.39, 0.29) is 6.09 Å². The maximum Gasteiger partial charge on any atom is 0.416 e. The van der Waals surface area contributed by atoms with Crippen LogP contribution in [0.3, 0.4) is 0 Å². The number of carbonyl (C=O) groups is 1. The molecule has 10 nitrogen and oxygen atoms in total. The van der Waals surface area contributed by atoms with Crippen LogP contribution >= 0.6 is 0 Å². The zero-order chi connectivity index (χ0) is 25.7. The van der Waals surface area contributed by atoms with Crippen LogP contribution in [0.25, 0.3) is 28.0 Å². The Morgan fingerprint density at radius 1 is 1.14 bits per heavy atom. The minimum Gasteiger partial charge on any atom is -0.443 e. The summed E-state index contributed by atoms with van der Waals surface area (Å²) in [7, 11) is 0. The zero-order valence-electron chi connectivity index (χ0n) is 21.6. The molecule has 10 heteroatoms. The summed E-state index contributed by atoms with van der Waals surface area (Å²) >= 11 is 0. The van der Waals surface area contributed by atoms with Crippen molar-refractivity contribution < 1.29 is 14.3 Å². The Hall–Kier alpha value is -3.79. The molecule has 37 heavy (non-hydrogen) atoms. The Morgan fingerprint density at radius 2 is 1.95 bits per heavy atom. The van der Waals surface area contributed by atoms with Crippen molar-refractivity contribution in [3.8, 4) is 22.4 Å². The Labute approximate surface area is 215 Å². The summed E-state index contributed by atoms with van der Waals surface area (Å²) in [5.74, 6) is 0.635. The largest absolute Gasteiger partial charge is 0.443 e. The molecule has 0 unspecified atom stereocenters. The minimum atomic E-state index is -0.570. The number of aryl methyl sites for hydroxylation is 1. The van der Waals surface area contributed by atoms with Gasteiger partial charge in [0.2, 0.25) is 0 Å². The highest BCUT2D eigenvalue weighted by atomic mass is 16.6. The number of aromatic nitrogens is 6. The Kier molecular flexibility index (Phi) is 5.71. The SMILES string of the molecule is Cc1nn2c(-c3ccnc4c3CCN4C(=O)OC(C)(C)C)cnc2cc1-c1cnn(C2CCOCC2)c1. The number of carbonyl (C=O) groups excluding carboxylic acids is 1. The van der Waals surface area contributed by atoms with E-state index < -0.39 is 5.60 Å². The predicted octanol–water partition coefficient (Wildman–Crippen LogP) is 4.61. The summed E-state index contributed by atoms with van der Waals surface area (Å²) in [6.45, 7) is 9.67. The maximum absolute atomic E-state index is 12.8. The van der Waals surface area contributed by atoms with Gasteiger partial charge in [0.05, 0.1) is 29.8 Å². The minimum absolute atomic E-state index is 0.367. The number of hydrogen-bond donors (Lipinski definition) is 0. The van der Waals surface area contributed by atoms with Gasteiger partial charge in [-0.1, -0.05) is 0 Å². The predicted molar refractivity (Wildman–Crippen MR) is 139 cm³/mol.